The molecule has 1 fully saturated rings. The predicted molar refractivity (Wildman–Crippen MR) is 81.3 cm³/mol. The largest absolute Gasteiger partial charge is 0.314 e. The summed E-state index contributed by atoms with van der Waals surface area (Å²) in [6, 6.07) is 4.84. The molecule has 1 aliphatic rings. The molecule has 1 atom stereocenters. The number of allylic oxidation sites excluding steroid dienone is 1. The Morgan fingerprint density at radius 2 is 2.44 bits per heavy atom. The highest BCUT2D eigenvalue weighted by Crippen LogP contribution is 2.22. The maximum Gasteiger partial charge on any atom is 0.0758 e. The van der Waals surface area contributed by atoms with Crippen molar-refractivity contribution in [2.45, 2.75) is 45.6 Å². The van der Waals surface area contributed by atoms with Gasteiger partial charge in [0.1, 0.15) is 0 Å². The number of hydrogen-bond acceptors (Lipinski definition) is 3. The molecule has 98 valence electrons. The number of thiophene rings is 1. The predicted octanol–water partition coefficient (Wildman–Crippen LogP) is 4.10. The molecule has 2 nitrogen and oxygen atoms in total. The lowest BCUT2D eigenvalue weighted by molar-refractivity contribution is 0.409. The van der Waals surface area contributed by atoms with Gasteiger partial charge in [-0.2, -0.15) is 0 Å². The summed E-state index contributed by atoms with van der Waals surface area (Å²) in [4.78, 5) is 6.04. The van der Waals surface area contributed by atoms with Crippen molar-refractivity contribution in [2.24, 2.45) is 4.99 Å². The maximum absolute atomic E-state index is 4.78. The van der Waals surface area contributed by atoms with Gasteiger partial charge in [0, 0.05) is 18.2 Å². The number of piperidine rings is 1. The van der Waals surface area contributed by atoms with Gasteiger partial charge in [-0.1, -0.05) is 18.6 Å². The van der Waals surface area contributed by atoms with Gasteiger partial charge in [-0.15, -0.1) is 11.3 Å². The van der Waals surface area contributed by atoms with Crippen LogP contribution in [0.5, 0.6) is 0 Å². The first-order chi connectivity index (χ1) is 8.79. The van der Waals surface area contributed by atoms with Crippen LogP contribution in [0.3, 0.4) is 0 Å². The number of nitrogens with zero attached hydrogens (tertiary/aromatic N) is 1. The number of rotatable bonds is 4. The summed E-state index contributed by atoms with van der Waals surface area (Å²) in [6.07, 6.45) is 7.14. The Morgan fingerprint density at radius 1 is 1.56 bits per heavy atom. The fourth-order valence-corrected chi connectivity index (χ4v) is 3.14. The van der Waals surface area contributed by atoms with Crippen LogP contribution in [-0.2, 0) is 0 Å². The second-order valence-electron chi connectivity index (χ2n) is 4.85. The number of hydrogen-bond donors (Lipinski definition) is 1. The van der Waals surface area contributed by atoms with Crippen molar-refractivity contribution >= 4 is 22.7 Å². The van der Waals surface area contributed by atoms with Crippen molar-refractivity contribution in [2.75, 3.05) is 6.54 Å². The van der Waals surface area contributed by atoms with Crippen molar-refractivity contribution in [3.05, 3.63) is 28.5 Å². The van der Waals surface area contributed by atoms with E-state index in [9.17, 15) is 0 Å². The third-order valence-electron chi connectivity index (χ3n) is 3.31. The third kappa shape index (κ3) is 3.79. The molecule has 18 heavy (non-hydrogen) atoms. The molecule has 1 aliphatic heterocycles. The van der Waals surface area contributed by atoms with Crippen LogP contribution in [0.15, 0.2) is 28.6 Å². The minimum absolute atomic E-state index is 0.629. The van der Waals surface area contributed by atoms with Crippen LogP contribution in [0.4, 0.5) is 0 Å². The van der Waals surface area contributed by atoms with Gasteiger partial charge in [0.2, 0.25) is 0 Å². The van der Waals surface area contributed by atoms with Gasteiger partial charge in [0.05, 0.1) is 10.6 Å². The summed E-state index contributed by atoms with van der Waals surface area (Å²) in [6.45, 7) is 5.37. The van der Waals surface area contributed by atoms with Gasteiger partial charge in [0.25, 0.3) is 0 Å². The molecule has 0 spiro atoms. The van der Waals surface area contributed by atoms with E-state index in [4.69, 9.17) is 4.99 Å². The lowest BCUT2D eigenvalue weighted by Gasteiger charge is -2.23. The molecule has 0 aliphatic carbocycles. The number of nitrogens with one attached hydrogen (secondary N) is 1. The zero-order valence-corrected chi connectivity index (χ0v) is 12.1. The second kappa shape index (κ2) is 6.86. The van der Waals surface area contributed by atoms with Crippen molar-refractivity contribution in [3.63, 3.8) is 0 Å². The Morgan fingerprint density at radius 3 is 3.06 bits per heavy atom. The maximum atomic E-state index is 4.78. The molecular formula is C15H22N2S. The average Bonchev–Trinajstić information content (AvgIpc) is 2.91. The van der Waals surface area contributed by atoms with E-state index < -0.39 is 0 Å². The Kier molecular flexibility index (Phi) is 5.14. The first-order valence-corrected chi connectivity index (χ1v) is 7.65. The van der Waals surface area contributed by atoms with E-state index >= 15 is 0 Å². The summed E-state index contributed by atoms with van der Waals surface area (Å²) in [5, 5.41) is 5.68. The standard InChI is InChI=1S/C15H22N2S/c1-3-14(15-8-6-10-18-15)17-12(2)11-13-7-4-5-9-16-13/h3,6,8,10,13,16H,4-5,7,9,11H2,1-2H3/b14-3-,17-12?. The lowest BCUT2D eigenvalue weighted by Crippen LogP contribution is -2.35. The van der Waals surface area contributed by atoms with Crippen LogP contribution in [0.25, 0.3) is 5.70 Å². The Hall–Kier alpha value is -0.930. The Bertz CT molecular complexity index is 412. The summed E-state index contributed by atoms with van der Waals surface area (Å²) in [5.74, 6) is 0. The summed E-state index contributed by atoms with van der Waals surface area (Å²) < 4.78 is 0. The van der Waals surface area contributed by atoms with E-state index in [1.807, 2.05) is 0 Å². The highest BCUT2D eigenvalue weighted by molar-refractivity contribution is 7.11. The van der Waals surface area contributed by atoms with Crippen LogP contribution >= 0.6 is 11.3 Å². The van der Waals surface area contributed by atoms with Gasteiger partial charge in [0.15, 0.2) is 0 Å². The topological polar surface area (TPSA) is 24.4 Å². The molecule has 0 saturated carbocycles. The molecule has 2 rings (SSSR count). The van der Waals surface area contributed by atoms with E-state index in [1.54, 1.807) is 11.3 Å². The van der Waals surface area contributed by atoms with Gasteiger partial charge in [-0.25, -0.2) is 0 Å². The fourth-order valence-electron chi connectivity index (χ4n) is 2.39. The molecule has 3 heteroatoms. The van der Waals surface area contributed by atoms with Crippen molar-refractivity contribution in [3.8, 4) is 0 Å². The normalized spacial score (nSPS) is 22.2. The summed E-state index contributed by atoms with van der Waals surface area (Å²) in [7, 11) is 0. The van der Waals surface area contributed by atoms with E-state index in [1.165, 1.54) is 36.4 Å². The molecule has 0 radical (unpaired) electrons. The van der Waals surface area contributed by atoms with E-state index in [0.29, 0.717) is 6.04 Å². The third-order valence-corrected chi connectivity index (χ3v) is 4.20. The zero-order chi connectivity index (χ0) is 12.8. The van der Waals surface area contributed by atoms with Crippen molar-refractivity contribution in [1.82, 2.24) is 5.32 Å². The van der Waals surface area contributed by atoms with Gasteiger partial charge in [-0.05, 0) is 44.7 Å². The fraction of sp³-hybridized carbons (Fsp3) is 0.533. The monoisotopic (exact) mass is 262 g/mol. The quantitative estimate of drug-likeness (QED) is 0.812. The Labute approximate surface area is 114 Å². The van der Waals surface area contributed by atoms with Crippen molar-refractivity contribution in [1.29, 1.82) is 0 Å². The minimum atomic E-state index is 0.629. The highest BCUT2D eigenvalue weighted by Gasteiger charge is 2.13. The molecule has 0 amide bonds. The van der Waals surface area contributed by atoms with Crippen LogP contribution < -0.4 is 5.32 Å². The molecule has 1 unspecified atom stereocenters. The zero-order valence-electron chi connectivity index (χ0n) is 11.3. The van der Waals surface area contributed by atoms with Crippen LogP contribution in [0.2, 0.25) is 0 Å². The first kappa shape index (κ1) is 13.5. The molecule has 0 bridgehead atoms. The van der Waals surface area contributed by atoms with Crippen molar-refractivity contribution < 1.29 is 0 Å². The highest BCUT2D eigenvalue weighted by atomic mass is 32.1. The molecule has 0 aromatic carbocycles. The smallest absolute Gasteiger partial charge is 0.0758 e. The van der Waals surface area contributed by atoms with Gasteiger partial charge >= 0.3 is 0 Å². The summed E-state index contributed by atoms with van der Waals surface area (Å²) >= 11 is 1.75. The summed E-state index contributed by atoms with van der Waals surface area (Å²) in [5.41, 5.74) is 2.34. The molecule has 1 aromatic rings. The lowest BCUT2D eigenvalue weighted by atomic mass is 10.0. The first-order valence-electron chi connectivity index (χ1n) is 6.77. The molecule has 1 aromatic heterocycles. The van der Waals surface area contributed by atoms with Crippen LogP contribution in [-0.4, -0.2) is 18.3 Å². The second-order valence-corrected chi connectivity index (χ2v) is 5.80. The van der Waals surface area contributed by atoms with Gasteiger partial charge in [-0.3, -0.25) is 4.99 Å². The molecule has 2 heterocycles. The van der Waals surface area contributed by atoms with E-state index in [2.05, 4.69) is 42.8 Å². The average molecular weight is 262 g/mol. The number of aliphatic imine (C=N–C) groups is 1. The van der Waals surface area contributed by atoms with Crippen LogP contribution in [0, 0.1) is 0 Å². The van der Waals surface area contributed by atoms with E-state index in [-0.39, 0.29) is 0 Å². The molecule has 1 N–H and O–H groups in total. The van der Waals surface area contributed by atoms with Crippen LogP contribution in [0.1, 0.15) is 44.4 Å². The molecule has 1 saturated heterocycles. The SMILES string of the molecule is C/C=C(\N=C(C)CC1CCCCN1)c1cccs1. The molecular weight excluding hydrogens is 240 g/mol. The van der Waals surface area contributed by atoms with E-state index in [0.717, 1.165) is 12.1 Å². The minimum Gasteiger partial charge on any atom is -0.314 e. The Balaban J connectivity index is 1.98. The van der Waals surface area contributed by atoms with Gasteiger partial charge < -0.3 is 5.32 Å².